The molecule has 2 aromatic carbocycles. The number of hydrogen-bond acceptors (Lipinski definition) is 3. The van der Waals surface area contributed by atoms with Crippen LogP contribution in [0, 0.1) is 6.92 Å². The van der Waals surface area contributed by atoms with E-state index in [2.05, 4.69) is 10.6 Å². The maximum absolute atomic E-state index is 11.8. The summed E-state index contributed by atoms with van der Waals surface area (Å²) in [7, 11) is 1.76. The first-order valence-electron chi connectivity index (χ1n) is 6.64. The van der Waals surface area contributed by atoms with E-state index in [1.54, 1.807) is 13.1 Å². The number of ether oxygens (including phenoxy) is 1. The standard InChI is InChI=1S/C16H15ClN2O2/c1-9-7-10(17)3-6-14(9)21-11-4-5-12-13(8-11)19-16(20)15(12)18-2/h3-8,15,18H,1-2H3,(H,19,20). The van der Waals surface area contributed by atoms with Gasteiger partial charge in [-0.3, -0.25) is 4.79 Å². The SMILES string of the molecule is CNC1C(=O)Nc2cc(Oc3ccc(Cl)cc3C)ccc21. The van der Waals surface area contributed by atoms with Crippen LogP contribution in [0.25, 0.3) is 0 Å². The molecule has 1 amide bonds. The van der Waals surface area contributed by atoms with Crippen molar-refractivity contribution in [3.05, 3.63) is 52.5 Å². The average molecular weight is 303 g/mol. The lowest BCUT2D eigenvalue weighted by molar-refractivity contribution is -0.117. The minimum atomic E-state index is -0.300. The van der Waals surface area contributed by atoms with E-state index in [0.29, 0.717) is 10.8 Å². The van der Waals surface area contributed by atoms with Crippen LogP contribution in [0.4, 0.5) is 5.69 Å². The van der Waals surface area contributed by atoms with Crippen molar-refractivity contribution >= 4 is 23.2 Å². The van der Waals surface area contributed by atoms with Crippen LogP contribution in [0.5, 0.6) is 11.5 Å². The van der Waals surface area contributed by atoms with Crippen molar-refractivity contribution in [2.24, 2.45) is 0 Å². The molecule has 0 fully saturated rings. The third-order valence-corrected chi connectivity index (χ3v) is 3.74. The lowest BCUT2D eigenvalue weighted by atomic mass is 10.1. The van der Waals surface area contributed by atoms with Gasteiger partial charge in [0.05, 0.1) is 0 Å². The Morgan fingerprint density at radius 1 is 1.24 bits per heavy atom. The first-order chi connectivity index (χ1) is 10.1. The van der Waals surface area contributed by atoms with Crippen LogP contribution < -0.4 is 15.4 Å². The summed E-state index contributed by atoms with van der Waals surface area (Å²) >= 11 is 5.93. The molecule has 3 rings (SSSR count). The highest BCUT2D eigenvalue weighted by molar-refractivity contribution is 6.30. The molecule has 2 aromatic rings. The number of anilines is 1. The topological polar surface area (TPSA) is 50.4 Å². The third kappa shape index (κ3) is 2.60. The molecule has 2 N–H and O–H groups in total. The predicted molar refractivity (Wildman–Crippen MR) is 83.1 cm³/mol. The minimum Gasteiger partial charge on any atom is -0.457 e. The van der Waals surface area contributed by atoms with Crippen molar-refractivity contribution in [2.75, 3.05) is 12.4 Å². The Hall–Kier alpha value is -2.04. The van der Waals surface area contributed by atoms with Crippen molar-refractivity contribution in [1.82, 2.24) is 5.32 Å². The highest BCUT2D eigenvalue weighted by atomic mass is 35.5. The Labute approximate surface area is 128 Å². The summed E-state index contributed by atoms with van der Waals surface area (Å²) < 4.78 is 5.86. The molecule has 1 aliphatic rings. The molecule has 0 saturated carbocycles. The molecule has 1 unspecified atom stereocenters. The Kier molecular flexibility index (Phi) is 3.57. The Bertz CT molecular complexity index is 715. The van der Waals surface area contributed by atoms with E-state index in [9.17, 15) is 4.79 Å². The van der Waals surface area contributed by atoms with Gasteiger partial charge in [0.2, 0.25) is 5.91 Å². The number of fused-ring (bicyclic) bond motifs is 1. The largest absolute Gasteiger partial charge is 0.457 e. The molecular weight excluding hydrogens is 288 g/mol. The van der Waals surface area contributed by atoms with E-state index in [1.807, 2.05) is 37.3 Å². The molecule has 0 aliphatic carbocycles. The molecular formula is C16H15ClN2O2. The van der Waals surface area contributed by atoms with Crippen LogP contribution in [-0.2, 0) is 4.79 Å². The van der Waals surface area contributed by atoms with Crippen molar-refractivity contribution in [3.63, 3.8) is 0 Å². The fourth-order valence-corrected chi connectivity index (χ4v) is 2.67. The quantitative estimate of drug-likeness (QED) is 0.910. The lowest BCUT2D eigenvalue weighted by Gasteiger charge is -2.11. The molecule has 1 heterocycles. The molecule has 21 heavy (non-hydrogen) atoms. The summed E-state index contributed by atoms with van der Waals surface area (Å²) in [6.45, 7) is 1.94. The van der Waals surface area contributed by atoms with Crippen molar-refractivity contribution in [3.8, 4) is 11.5 Å². The predicted octanol–water partition coefficient (Wildman–Crippen LogP) is 3.65. The van der Waals surface area contributed by atoms with Crippen molar-refractivity contribution in [1.29, 1.82) is 0 Å². The molecule has 0 radical (unpaired) electrons. The molecule has 0 aromatic heterocycles. The molecule has 1 atom stereocenters. The van der Waals surface area contributed by atoms with E-state index in [-0.39, 0.29) is 11.9 Å². The first kappa shape index (κ1) is 13.9. The summed E-state index contributed by atoms with van der Waals surface area (Å²) in [6.07, 6.45) is 0. The maximum Gasteiger partial charge on any atom is 0.246 e. The maximum atomic E-state index is 11.8. The summed E-state index contributed by atoms with van der Waals surface area (Å²) in [6, 6.07) is 10.8. The number of hydrogen-bond donors (Lipinski definition) is 2. The van der Waals surface area contributed by atoms with Gasteiger partial charge in [0.1, 0.15) is 17.5 Å². The Morgan fingerprint density at radius 3 is 2.76 bits per heavy atom. The molecule has 108 valence electrons. The van der Waals surface area contributed by atoms with Gasteiger partial charge in [-0.15, -0.1) is 0 Å². The van der Waals surface area contributed by atoms with E-state index in [1.165, 1.54) is 0 Å². The van der Waals surface area contributed by atoms with Gasteiger partial charge >= 0.3 is 0 Å². The molecule has 1 aliphatic heterocycles. The van der Waals surface area contributed by atoms with E-state index in [0.717, 1.165) is 22.6 Å². The molecule has 5 heteroatoms. The fourth-order valence-electron chi connectivity index (χ4n) is 2.45. The number of carbonyl (C=O) groups is 1. The van der Waals surface area contributed by atoms with Crippen LogP contribution in [0.15, 0.2) is 36.4 Å². The van der Waals surface area contributed by atoms with E-state index >= 15 is 0 Å². The summed E-state index contributed by atoms with van der Waals surface area (Å²) in [4.78, 5) is 11.8. The lowest BCUT2D eigenvalue weighted by Crippen LogP contribution is -2.23. The number of likely N-dealkylation sites (N-methyl/N-ethyl adjacent to an activating group) is 1. The van der Waals surface area contributed by atoms with Gasteiger partial charge in [0, 0.05) is 22.3 Å². The number of carbonyl (C=O) groups excluding carboxylic acids is 1. The molecule has 0 bridgehead atoms. The number of halogens is 1. The summed E-state index contributed by atoms with van der Waals surface area (Å²) in [5, 5.41) is 6.51. The zero-order valence-electron chi connectivity index (χ0n) is 11.7. The zero-order valence-corrected chi connectivity index (χ0v) is 12.5. The summed E-state index contributed by atoms with van der Waals surface area (Å²) in [5.41, 5.74) is 2.67. The Balaban J connectivity index is 1.89. The number of aryl methyl sites for hydroxylation is 1. The monoisotopic (exact) mass is 302 g/mol. The third-order valence-electron chi connectivity index (χ3n) is 3.51. The summed E-state index contributed by atoms with van der Waals surface area (Å²) in [5.74, 6) is 1.37. The van der Waals surface area contributed by atoms with Crippen LogP contribution in [0.2, 0.25) is 5.02 Å². The van der Waals surface area contributed by atoms with Gasteiger partial charge in [-0.05, 0) is 43.8 Å². The van der Waals surface area contributed by atoms with Gasteiger partial charge in [-0.1, -0.05) is 17.7 Å². The molecule has 0 saturated heterocycles. The second-order valence-corrected chi connectivity index (χ2v) is 5.41. The molecule has 0 spiro atoms. The smallest absolute Gasteiger partial charge is 0.246 e. The second kappa shape index (κ2) is 5.39. The first-order valence-corrected chi connectivity index (χ1v) is 7.02. The van der Waals surface area contributed by atoms with Gasteiger partial charge in [-0.2, -0.15) is 0 Å². The minimum absolute atomic E-state index is 0.0488. The Morgan fingerprint density at radius 2 is 2.05 bits per heavy atom. The van der Waals surface area contributed by atoms with Gasteiger partial charge in [0.25, 0.3) is 0 Å². The number of rotatable bonds is 3. The van der Waals surface area contributed by atoms with Crippen molar-refractivity contribution in [2.45, 2.75) is 13.0 Å². The average Bonchev–Trinajstić information content (AvgIpc) is 2.76. The van der Waals surface area contributed by atoms with Gasteiger partial charge in [0.15, 0.2) is 0 Å². The van der Waals surface area contributed by atoms with Crippen LogP contribution in [0.1, 0.15) is 17.2 Å². The normalized spacial score (nSPS) is 16.5. The van der Waals surface area contributed by atoms with E-state index in [4.69, 9.17) is 16.3 Å². The van der Waals surface area contributed by atoms with Gasteiger partial charge < -0.3 is 15.4 Å². The highest BCUT2D eigenvalue weighted by Crippen LogP contribution is 2.35. The van der Waals surface area contributed by atoms with Gasteiger partial charge in [-0.25, -0.2) is 0 Å². The number of benzene rings is 2. The number of amides is 1. The molecule has 4 nitrogen and oxygen atoms in total. The van der Waals surface area contributed by atoms with Crippen LogP contribution in [-0.4, -0.2) is 13.0 Å². The highest BCUT2D eigenvalue weighted by Gasteiger charge is 2.29. The van der Waals surface area contributed by atoms with E-state index < -0.39 is 0 Å². The number of nitrogens with one attached hydrogen (secondary N) is 2. The fraction of sp³-hybridized carbons (Fsp3) is 0.188. The van der Waals surface area contributed by atoms with Crippen LogP contribution >= 0.6 is 11.6 Å². The second-order valence-electron chi connectivity index (χ2n) is 4.97. The zero-order chi connectivity index (χ0) is 15.0. The van der Waals surface area contributed by atoms with Crippen molar-refractivity contribution < 1.29 is 9.53 Å². The van der Waals surface area contributed by atoms with Crippen LogP contribution in [0.3, 0.4) is 0 Å².